The number of fused-ring (bicyclic) bond motifs is 1. The van der Waals surface area contributed by atoms with Crippen LogP contribution in [-0.4, -0.2) is 46.9 Å². The summed E-state index contributed by atoms with van der Waals surface area (Å²) in [7, 11) is 2.23. The van der Waals surface area contributed by atoms with E-state index in [1.807, 2.05) is 0 Å². The van der Waals surface area contributed by atoms with Crippen LogP contribution in [0.15, 0.2) is 0 Å². The largest absolute Gasteiger partial charge is 0.387 e. The minimum atomic E-state index is -0.568. The van der Waals surface area contributed by atoms with Crippen molar-refractivity contribution in [1.29, 1.82) is 0 Å². The molecule has 17 heavy (non-hydrogen) atoms. The lowest BCUT2D eigenvalue weighted by Crippen LogP contribution is -2.67. The maximum Gasteiger partial charge on any atom is 0.110 e. The van der Waals surface area contributed by atoms with Gasteiger partial charge in [-0.3, -0.25) is 4.90 Å². The molecule has 3 nitrogen and oxygen atoms in total. The molecule has 3 fully saturated rings. The molecule has 2 saturated heterocycles. The number of likely N-dealkylation sites (tertiary alicyclic amines) is 1. The number of nitrogens with zero attached hydrogens (tertiary/aromatic N) is 1. The molecule has 0 radical (unpaired) electrons. The van der Waals surface area contributed by atoms with Crippen molar-refractivity contribution in [3.05, 3.63) is 0 Å². The smallest absolute Gasteiger partial charge is 0.110 e. The third-order valence-corrected chi connectivity index (χ3v) is 5.43. The van der Waals surface area contributed by atoms with E-state index in [0.29, 0.717) is 12.0 Å². The zero-order valence-electron chi connectivity index (χ0n) is 11.3. The Morgan fingerprint density at radius 2 is 1.88 bits per heavy atom. The quantitative estimate of drug-likeness (QED) is 0.709. The summed E-state index contributed by atoms with van der Waals surface area (Å²) in [5.41, 5.74) is -0.486. The highest BCUT2D eigenvalue weighted by Crippen LogP contribution is 2.50. The number of epoxide rings is 1. The summed E-state index contributed by atoms with van der Waals surface area (Å²) in [5.74, 6) is 0.418. The van der Waals surface area contributed by atoms with Gasteiger partial charge >= 0.3 is 0 Å². The Bertz CT molecular complexity index is 313. The molecule has 1 aliphatic carbocycles. The van der Waals surface area contributed by atoms with Crippen molar-refractivity contribution in [2.45, 2.75) is 69.2 Å². The van der Waals surface area contributed by atoms with Gasteiger partial charge in [-0.2, -0.15) is 0 Å². The van der Waals surface area contributed by atoms with Crippen molar-refractivity contribution in [2.75, 3.05) is 13.7 Å². The lowest BCUT2D eigenvalue weighted by Gasteiger charge is -2.58. The molecule has 0 aromatic heterocycles. The molecule has 3 rings (SSSR count). The van der Waals surface area contributed by atoms with Crippen molar-refractivity contribution in [3.63, 3.8) is 0 Å². The van der Waals surface area contributed by atoms with Gasteiger partial charge in [0.05, 0.1) is 12.2 Å². The molecule has 2 aliphatic heterocycles. The summed E-state index contributed by atoms with van der Waals surface area (Å²) in [6.45, 7) is 5.27. The molecule has 2 unspecified atom stereocenters. The van der Waals surface area contributed by atoms with Crippen LogP contribution in [0, 0.1) is 5.92 Å². The average Bonchev–Trinajstić information content (AvgIpc) is 3.10. The Kier molecular flexibility index (Phi) is 2.59. The Labute approximate surface area is 104 Å². The van der Waals surface area contributed by atoms with Crippen molar-refractivity contribution >= 4 is 0 Å². The van der Waals surface area contributed by atoms with Crippen LogP contribution < -0.4 is 0 Å². The second kappa shape index (κ2) is 3.69. The van der Waals surface area contributed by atoms with Gasteiger partial charge in [-0.1, -0.05) is 12.8 Å². The summed E-state index contributed by atoms with van der Waals surface area (Å²) in [5, 5.41) is 11.1. The van der Waals surface area contributed by atoms with E-state index in [9.17, 15) is 5.11 Å². The number of piperidine rings is 1. The van der Waals surface area contributed by atoms with Crippen molar-refractivity contribution in [3.8, 4) is 0 Å². The van der Waals surface area contributed by atoms with Gasteiger partial charge in [0.1, 0.15) is 6.10 Å². The zero-order valence-corrected chi connectivity index (χ0v) is 11.3. The fourth-order valence-corrected chi connectivity index (χ4v) is 4.24. The standard InChI is InChI=1S/C14H25NO2/c1-13(2)9-14(16,12-8-17-12)10-6-4-5-7-11(10)15(13)3/h10-12,16H,4-9H2,1-3H3/t10-,11-,12?,14?/m1/s1. The maximum atomic E-state index is 11.1. The van der Waals surface area contributed by atoms with Crippen LogP contribution in [0.3, 0.4) is 0 Å². The lowest BCUT2D eigenvalue weighted by molar-refractivity contribution is -0.163. The number of ether oxygens (including phenoxy) is 1. The molecule has 98 valence electrons. The average molecular weight is 239 g/mol. The molecule has 3 aliphatic rings. The highest BCUT2D eigenvalue weighted by atomic mass is 16.6. The van der Waals surface area contributed by atoms with Gasteiger partial charge < -0.3 is 9.84 Å². The first-order chi connectivity index (χ1) is 7.95. The fraction of sp³-hybridized carbons (Fsp3) is 1.00. The molecule has 0 aromatic rings. The number of rotatable bonds is 1. The summed E-state index contributed by atoms with van der Waals surface area (Å²) in [6.07, 6.45) is 5.94. The van der Waals surface area contributed by atoms with Crippen LogP contribution in [0.1, 0.15) is 46.0 Å². The van der Waals surface area contributed by atoms with Crippen LogP contribution in [0.5, 0.6) is 0 Å². The second-order valence-corrected chi connectivity index (χ2v) is 6.87. The molecule has 1 saturated carbocycles. The molecular weight excluding hydrogens is 214 g/mol. The van der Waals surface area contributed by atoms with E-state index in [1.165, 1.54) is 25.7 Å². The molecule has 1 N–H and O–H groups in total. The van der Waals surface area contributed by atoms with E-state index in [2.05, 4.69) is 25.8 Å². The lowest BCUT2D eigenvalue weighted by atomic mass is 9.63. The van der Waals surface area contributed by atoms with Crippen LogP contribution in [-0.2, 0) is 4.74 Å². The number of aliphatic hydroxyl groups is 1. The van der Waals surface area contributed by atoms with E-state index in [-0.39, 0.29) is 11.6 Å². The molecule has 4 atom stereocenters. The summed E-state index contributed by atoms with van der Waals surface area (Å²) >= 11 is 0. The molecule has 2 heterocycles. The predicted molar refractivity (Wildman–Crippen MR) is 66.9 cm³/mol. The molecule has 0 amide bonds. The van der Waals surface area contributed by atoms with Crippen molar-refractivity contribution < 1.29 is 9.84 Å². The van der Waals surface area contributed by atoms with E-state index in [4.69, 9.17) is 4.74 Å². The van der Waals surface area contributed by atoms with Gasteiger partial charge in [0.15, 0.2) is 0 Å². The monoisotopic (exact) mass is 239 g/mol. The van der Waals surface area contributed by atoms with E-state index >= 15 is 0 Å². The summed E-state index contributed by atoms with van der Waals surface area (Å²) < 4.78 is 5.46. The molecule has 0 spiro atoms. The molecule has 0 aromatic carbocycles. The minimum absolute atomic E-state index is 0.0825. The highest BCUT2D eigenvalue weighted by molar-refractivity contribution is 5.12. The Morgan fingerprint density at radius 3 is 2.53 bits per heavy atom. The number of hydrogen-bond acceptors (Lipinski definition) is 3. The SMILES string of the molecule is CN1[C@@H]2CCCC[C@H]2C(O)(C2CO2)CC1(C)C. The first kappa shape index (κ1) is 11.9. The van der Waals surface area contributed by atoms with Crippen LogP contribution >= 0.6 is 0 Å². The van der Waals surface area contributed by atoms with Gasteiger partial charge in [-0.05, 0) is 40.2 Å². The summed E-state index contributed by atoms with van der Waals surface area (Å²) in [4.78, 5) is 2.51. The predicted octanol–water partition coefficient (Wildman–Crippen LogP) is 1.79. The Balaban J connectivity index is 1.93. The Morgan fingerprint density at radius 1 is 1.24 bits per heavy atom. The topological polar surface area (TPSA) is 36.0 Å². The Hall–Kier alpha value is -0.120. The van der Waals surface area contributed by atoms with Gasteiger partial charge in [0.25, 0.3) is 0 Å². The first-order valence-electron chi connectivity index (χ1n) is 7.02. The van der Waals surface area contributed by atoms with Gasteiger partial charge in [0, 0.05) is 17.5 Å². The molecular formula is C14H25NO2. The van der Waals surface area contributed by atoms with Crippen molar-refractivity contribution in [1.82, 2.24) is 4.90 Å². The van der Waals surface area contributed by atoms with Crippen LogP contribution in [0.25, 0.3) is 0 Å². The van der Waals surface area contributed by atoms with E-state index < -0.39 is 5.60 Å². The van der Waals surface area contributed by atoms with E-state index in [0.717, 1.165) is 13.0 Å². The summed E-state index contributed by atoms with van der Waals surface area (Å²) in [6, 6.07) is 0.543. The van der Waals surface area contributed by atoms with Gasteiger partial charge in [-0.25, -0.2) is 0 Å². The van der Waals surface area contributed by atoms with Gasteiger partial charge in [0.2, 0.25) is 0 Å². The normalized spacial score (nSPS) is 49.8. The maximum absolute atomic E-state index is 11.1. The molecule has 3 heteroatoms. The van der Waals surface area contributed by atoms with Gasteiger partial charge in [-0.15, -0.1) is 0 Å². The third-order valence-electron chi connectivity index (χ3n) is 5.43. The first-order valence-corrected chi connectivity index (χ1v) is 7.02. The van der Waals surface area contributed by atoms with Crippen molar-refractivity contribution in [2.24, 2.45) is 5.92 Å². The van der Waals surface area contributed by atoms with Crippen LogP contribution in [0.2, 0.25) is 0 Å². The minimum Gasteiger partial charge on any atom is -0.387 e. The van der Waals surface area contributed by atoms with Crippen LogP contribution in [0.4, 0.5) is 0 Å². The third kappa shape index (κ3) is 1.74. The number of hydrogen-bond donors (Lipinski definition) is 1. The van der Waals surface area contributed by atoms with E-state index in [1.54, 1.807) is 0 Å². The molecule has 0 bridgehead atoms. The zero-order chi connectivity index (χ0) is 12.3. The highest BCUT2D eigenvalue weighted by Gasteiger charge is 2.60. The second-order valence-electron chi connectivity index (χ2n) is 6.87. The fourth-order valence-electron chi connectivity index (χ4n) is 4.24.